The Hall–Kier alpha value is -2.29. The molecule has 0 aliphatic heterocycles. The highest BCUT2D eigenvalue weighted by Crippen LogP contribution is 2.34. The highest BCUT2D eigenvalue weighted by atomic mass is 32.1. The Balaban J connectivity index is 1.70. The van der Waals surface area contributed by atoms with Gasteiger partial charge in [-0.1, -0.05) is 17.4 Å². The Kier molecular flexibility index (Phi) is 5.43. The van der Waals surface area contributed by atoms with E-state index in [2.05, 4.69) is 15.6 Å². The van der Waals surface area contributed by atoms with Crippen LogP contribution >= 0.6 is 11.3 Å². The van der Waals surface area contributed by atoms with Crippen molar-refractivity contribution < 1.29 is 23.1 Å². The molecule has 0 aliphatic rings. The minimum atomic E-state index is -4.38. The lowest BCUT2D eigenvalue weighted by atomic mass is 10.2. The predicted molar refractivity (Wildman–Crippen MR) is 80.7 cm³/mol. The van der Waals surface area contributed by atoms with Crippen molar-refractivity contribution in [1.29, 1.82) is 0 Å². The predicted octanol–water partition coefficient (Wildman–Crippen LogP) is 3.10. The third kappa shape index (κ3) is 5.13. The quantitative estimate of drug-likeness (QED) is 0.704. The number of phenols is 1. The highest BCUT2D eigenvalue weighted by Gasteiger charge is 2.33. The van der Waals surface area contributed by atoms with Gasteiger partial charge in [0.25, 0.3) is 5.91 Å². The van der Waals surface area contributed by atoms with Crippen LogP contribution in [-0.4, -0.2) is 29.1 Å². The van der Waals surface area contributed by atoms with Crippen molar-refractivity contribution in [2.45, 2.75) is 12.6 Å². The van der Waals surface area contributed by atoms with Gasteiger partial charge in [-0.15, -0.1) is 0 Å². The smallest absolute Gasteiger partial charge is 0.427 e. The number of aromatic hydroxyl groups is 1. The van der Waals surface area contributed by atoms with Crippen LogP contribution in [0.25, 0.3) is 0 Å². The van der Waals surface area contributed by atoms with Gasteiger partial charge >= 0.3 is 6.18 Å². The van der Waals surface area contributed by atoms with Crippen molar-refractivity contribution in [3.8, 4) is 5.75 Å². The minimum Gasteiger partial charge on any atom is -0.508 e. The van der Waals surface area contributed by atoms with Gasteiger partial charge in [0.05, 0.1) is 6.20 Å². The zero-order valence-electron chi connectivity index (χ0n) is 11.9. The van der Waals surface area contributed by atoms with Crippen LogP contribution in [0.4, 0.5) is 18.3 Å². The summed E-state index contributed by atoms with van der Waals surface area (Å²) >= 11 is 0.540. The van der Waals surface area contributed by atoms with Crippen LogP contribution in [-0.2, 0) is 6.18 Å². The summed E-state index contributed by atoms with van der Waals surface area (Å²) in [7, 11) is 0. The number of anilines is 1. The maximum absolute atomic E-state index is 12.4. The third-order valence-corrected chi connectivity index (χ3v) is 3.81. The van der Waals surface area contributed by atoms with Gasteiger partial charge in [-0.25, -0.2) is 4.98 Å². The van der Waals surface area contributed by atoms with Crippen molar-refractivity contribution >= 4 is 22.4 Å². The number of carbonyl (C=O) groups excluding carboxylic acids is 1. The van der Waals surface area contributed by atoms with Crippen LogP contribution in [0.1, 0.15) is 21.7 Å². The Labute approximate surface area is 134 Å². The molecule has 0 bridgehead atoms. The first-order chi connectivity index (χ1) is 10.9. The largest absolute Gasteiger partial charge is 0.508 e. The number of hydrogen-bond acceptors (Lipinski definition) is 5. The summed E-state index contributed by atoms with van der Waals surface area (Å²) in [6, 6.07) is 5.94. The third-order valence-electron chi connectivity index (χ3n) is 2.81. The number of hydrogen-bond donors (Lipinski definition) is 3. The van der Waals surface area contributed by atoms with Crippen molar-refractivity contribution in [2.75, 3.05) is 18.4 Å². The lowest BCUT2D eigenvalue weighted by Gasteiger charge is -2.06. The number of benzene rings is 1. The van der Waals surface area contributed by atoms with Crippen LogP contribution in [0.3, 0.4) is 0 Å². The van der Waals surface area contributed by atoms with Gasteiger partial charge in [0.15, 0.2) is 5.13 Å². The van der Waals surface area contributed by atoms with Gasteiger partial charge in [-0.3, -0.25) is 4.79 Å². The van der Waals surface area contributed by atoms with Gasteiger partial charge in [0.1, 0.15) is 10.6 Å². The van der Waals surface area contributed by atoms with E-state index in [9.17, 15) is 23.1 Å². The molecular weight excluding hydrogens is 331 g/mol. The Morgan fingerprint density at radius 3 is 2.74 bits per heavy atom. The molecule has 2 rings (SSSR count). The van der Waals surface area contributed by atoms with Crippen LogP contribution in [0.5, 0.6) is 5.75 Å². The molecule has 0 aliphatic carbocycles. The molecule has 2 aromatic rings. The van der Waals surface area contributed by atoms with Crippen LogP contribution in [0.15, 0.2) is 30.5 Å². The van der Waals surface area contributed by atoms with Gasteiger partial charge in [-0.05, 0) is 24.6 Å². The molecule has 3 N–H and O–H groups in total. The summed E-state index contributed by atoms with van der Waals surface area (Å²) in [6.07, 6.45) is -3.07. The van der Waals surface area contributed by atoms with E-state index in [0.717, 1.165) is 6.20 Å². The zero-order valence-corrected chi connectivity index (χ0v) is 12.7. The first-order valence-electron chi connectivity index (χ1n) is 6.70. The maximum Gasteiger partial charge on any atom is 0.427 e. The van der Waals surface area contributed by atoms with Crippen LogP contribution in [0, 0.1) is 0 Å². The second-order valence-electron chi connectivity index (χ2n) is 4.61. The molecular formula is C14H14F3N3O2S. The summed E-state index contributed by atoms with van der Waals surface area (Å²) < 4.78 is 37.2. The van der Waals surface area contributed by atoms with Gasteiger partial charge in [0, 0.05) is 18.7 Å². The lowest BCUT2D eigenvalue weighted by Crippen LogP contribution is -2.25. The number of aromatic nitrogens is 1. The summed E-state index contributed by atoms with van der Waals surface area (Å²) in [6.45, 7) is 0.726. The van der Waals surface area contributed by atoms with E-state index >= 15 is 0 Å². The number of phenolic OH excluding ortho intramolecular Hbond substituents is 1. The molecule has 5 nitrogen and oxygen atoms in total. The number of rotatable bonds is 6. The number of carbonyl (C=O) groups is 1. The van der Waals surface area contributed by atoms with E-state index in [1.807, 2.05) is 0 Å². The summed E-state index contributed by atoms with van der Waals surface area (Å²) in [5, 5.41) is 14.9. The van der Waals surface area contributed by atoms with E-state index < -0.39 is 11.1 Å². The molecule has 0 spiro atoms. The van der Waals surface area contributed by atoms with E-state index in [1.54, 1.807) is 12.1 Å². The fraction of sp³-hybridized carbons (Fsp3) is 0.286. The highest BCUT2D eigenvalue weighted by molar-refractivity contribution is 7.15. The SMILES string of the molecule is O=C(NCCCNc1ncc(C(F)(F)F)s1)c1cccc(O)c1. The Morgan fingerprint density at radius 1 is 1.30 bits per heavy atom. The zero-order chi connectivity index (χ0) is 16.9. The van der Waals surface area contributed by atoms with E-state index in [0.29, 0.717) is 36.4 Å². The molecule has 9 heteroatoms. The van der Waals surface area contributed by atoms with Gasteiger partial charge in [-0.2, -0.15) is 13.2 Å². The standard InChI is InChI=1S/C14H14F3N3O2S/c15-14(16,17)11-8-20-13(23-11)19-6-2-5-18-12(22)9-3-1-4-10(21)7-9/h1,3-4,7-8,21H,2,5-6H2,(H,18,22)(H,19,20). The maximum atomic E-state index is 12.4. The Morgan fingerprint density at radius 2 is 2.09 bits per heavy atom. The molecule has 1 aromatic heterocycles. The fourth-order valence-electron chi connectivity index (χ4n) is 1.72. The molecule has 0 saturated carbocycles. The normalized spacial score (nSPS) is 11.3. The lowest BCUT2D eigenvalue weighted by molar-refractivity contribution is -0.134. The number of thiazole rings is 1. The Bertz CT molecular complexity index is 673. The molecule has 1 aromatic carbocycles. The number of amides is 1. The second kappa shape index (κ2) is 7.32. The molecule has 1 amide bonds. The number of halogens is 3. The van der Waals surface area contributed by atoms with Crippen molar-refractivity contribution in [2.24, 2.45) is 0 Å². The van der Waals surface area contributed by atoms with Gasteiger partial charge < -0.3 is 15.7 Å². The summed E-state index contributed by atoms with van der Waals surface area (Å²) in [5.41, 5.74) is 0.340. The summed E-state index contributed by atoms with van der Waals surface area (Å²) in [4.78, 5) is 14.7. The molecule has 0 fully saturated rings. The molecule has 1 heterocycles. The van der Waals surface area contributed by atoms with Gasteiger partial charge in [0.2, 0.25) is 0 Å². The average molecular weight is 345 g/mol. The average Bonchev–Trinajstić information content (AvgIpc) is 2.95. The second-order valence-corrected chi connectivity index (χ2v) is 5.64. The van der Waals surface area contributed by atoms with E-state index in [1.165, 1.54) is 12.1 Å². The fourth-order valence-corrected chi connectivity index (χ4v) is 2.43. The minimum absolute atomic E-state index is 0.00329. The molecule has 0 unspecified atom stereocenters. The van der Waals surface area contributed by atoms with Crippen molar-refractivity contribution in [3.05, 3.63) is 40.9 Å². The first kappa shape index (κ1) is 17.1. The van der Waals surface area contributed by atoms with E-state index in [4.69, 9.17) is 0 Å². The molecule has 124 valence electrons. The monoisotopic (exact) mass is 345 g/mol. The molecule has 23 heavy (non-hydrogen) atoms. The number of nitrogens with zero attached hydrogens (tertiary/aromatic N) is 1. The van der Waals surface area contributed by atoms with Crippen LogP contribution in [0.2, 0.25) is 0 Å². The number of nitrogens with one attached hydrogen (secondary N) is 2. The topological polar surface area (TPSA) is 74.2 Å². The number of alkyl halides is 3. The first-order valence-corrected chi connectivity index (χ1v) is 7.52. The van der Waals surface area contributed by atoms with E-state index in [-0.39, 0.29) is 16.8 Å². The molecule has 0 saturated heterocycles. The molecule has 0 radical (unpaired) electrons. The van der Waals surface area contributed by atoms with Crippen LogP contribution < -0.4 is 10.6 Å². The summed E-state index contributed by atoms with van der Waals surface area (Å²) in [5.74, 6) is -0.321. The van der Waals surface area contributed by atoms with Crippen molar-refractivity contribution in [3.63, 3.8) is 0 Å². The van der Waals surface area contributed by atoms with Crippen molar-refractivity contribution in [1.82, 2.24) is 10.3 Å². The molecule has 0 atom stereocenters.